The van der Waals surface area contributed by atoms with Crippen molar-refractivity contribution in [1.82, 2.24) is 0 Å². The molecule has 0 N–H and O–H groups in total. The van der Waals surface area contributed by atoms with Crippen LogP contribution in [0.15, 0.2) is 261 Å². The number of hydrogen-bond acceptors (Lipinski definition) is 1. The molecule has 0 amide bonds. The summed E-state index contributed by atoms with van der Waals surface area (Å²) in [6, 6.07) is 96.3. The summed E-state index contributed by atoms with van der Waals surface area (Å²) in [5.74, 6) is 0. The average Bonchev–Trinajstić information content (AvgIpc) is 3.86. The van der Waals surface area contributed by atoms with Gasteiger partial charge >= 0.3 is 0 Å². The Balaban J connectivity index is 1.06. The van der Waals surface area contributed by atoms with Gasteiger partial charge in [0, 0.05) is 17.1 Å². The van der Waals surface area contributed by atoms with Crippen LogP contribution in [0.1, 0.15) is 22.3 Å². The summed E-state index contributed by atoms with van der Waals surface area (Å²) in [6.45, 7) is 0. The number of anilines is 3. The number of nitrogens with zero attached hydrogens (tertiary/aromatic N) is 1. The largest absolute Gasteiger partial charge is 0.310 e. The second-order valence-corrected chi connectivity index (χ2v) is 17.5. The zero-order valence-corrected chi connectivity index (χ0v) is 36.3. The number of hydrogen-bond donors (Lipinski definition) is 0. The van der Waals surface area contributed by atoms with E-state index in [9.17, 15) is 0 Å². The summed E-state index contributed by atoms with van der Waals surface area (Å²) in [7, 11) is 0. The van der Waals surface area contributed by atoms with E-state index in [-0.39, 0.29) is 0 Å². The molecule has 0 aliphatic heterocycles. The Bertz CT molecular complexity index is 3600. The van der Waals surface area contributed by atoms with Gasteiger partial charge in [0.2, 0.25) is 0 Å². The highest BCUT2D eigenvalue weighted by Gasteiger charge is 2.51. The van der Waals surface area contributed by atoms with Gasteiger partial charge in [0.05, 0.1) is 5.41 Å². The zero-order chi connectivity index (χ0) is 43.6. The van der Waals surface area contributed by atoms with E-state index in [4.69, 9.17) is 0 Å². The maximum atomic E-state index is 2.47. The predicted octanol–water partition coefficient (Wildman–Crippen LogP) is 17.3. The van der Waals surface area contributed by atoms with E-state index < -0.39 is 5.41 Å². The first-order valence-electron chi connectivity index (χ1n) is 22.9. The number of fused-ring (bicyclic) bond motifs is 11. The smallest absolute Gasteiger partial charge is 0.0725 e. The van der Waals surface area contributed by atoms with Crippen molar-refractivity contribution >= 4 is 27.8 Å². The highest BCUT2D eigenvalue weighted by Crippen LogP contribution is 2.63. The van der Waals surface area contributed by atoms with E-state index in [1.165, 1.54) is 94.2 Å². The highest BCUT2D eigenvalue weighted by molar-refractivity contribution is 6.05. The SMILES string of the molecule is c1ccc(-c2ccc(N(c3cccc(-c4ccc5ccccc5c4-c4ccccc4)c3)c3ccc4c(c3)-c3ccccc3C43c4ccccc4-c4ccccc43)cc2-c2ccccc2)cc1. The summed E-state index contributed by atoms with van der Waals surface area (Å²) >= 11 is 0. The van der Waals surface area contributed by atoms with Gasteiger partial charge in [-0.15, -0.1) is 0 Å². The van der Waals surface area contributed by atoms with Crippen molar-refractivity contribution in [3.63, 3.8) is 0 Å². The molecule has 11 aromatic rings. The molecule has 308 valence electrons. The lowest BCUT2D eigenvalue weighted by molar-refractivity contribution is 0.794. The molecule has 13 rings (SSSR count). The number of rotatable bonds is 7. The first kappa shape index (κ1) is 38.0. The summed E-state index contributed by atoms with van der Waals surface area (Å²) in [5, 5.41) is 2.47. The molecule has 0 atom stereocenters. The van der Waals surface area contributed by atoms with Crippen LogP contribution in [0.3, 0.4) is 0 Å². The van der Waals surface area contributed by atoms with E-state index in [2.05, 4.69) is 266 Å². The van der Waals surface area contributed by atoms with Gasteiger partial charge in [-0.1, -0.05) is 224 Å². The summed E-state index contributed by atoms with van der Waals surface area (Å²) in [4.78, 5) is 2.47. The minimum Gasteiger partial charge on any atom is -0.310 e. The molecule has 0 fully saturated rings. The van der Waals surface area contributed by atoms with Gasteiger partial charge in [-0.2, -0.15) is 0 Å². The van der Waals surface area contributed by atoms with Crippen LogP contribution < -0.4 is 4.90 Å². The average molecular weight is 838 g/mol. The zero-order valence-electron chi connectivity index (χ0n) is 36.3. The lowest BCUT2D eigenvalue weighted by Crippen LogP contribution is -2.25. The minimum absolute atomic E-state index is 0.413. The Hall–Kier alpha value is -8.52. The molecule has 2 aliphatic rings. The van der Waals surface area contributed by atoms with Gasteiger partial charge in [0.1, 0.15) is 0 Å². The first-order chi connectivity index (χ1) is 32.8. The summed E-state index contributed by atoms with van der Waals surface area (Å²) < 4.78 is 0. The molecule has 11 aromatic carbocycles. The second kappa shape index (κ2) is 15.3. The van der Waals surface area contributed by atoms with Crippen LogP contribution in [-0.4, -0.2) is 0 Å². The van der Waals surface area contributed by atoms with Crippen molar-refractivity contribution in [1.29, 1.82) is 0 Å². The van der Waals surface area contributed by atoms with E-state index in [1.807, 2.05) is 0 Å². The molecule has 0 unspecified atom stereocenters. The predicted molar refractivity (Wildman–Crippen MR) is 277 cm³/mol. The van der Waals surface area contributed by atoms with Crippen LogP contribution >= 0.6 is 0 Å². The maximum absolute atomic E-state index is 2.47. The third-order valence-corrected chi connectivity index (χ3v) is 14.1. The minimum atomic E-state index is -0.413. The van der Waals surface area contributed by atoms with E-state index in [0.29, 0.717) is 0 Å². The third kappa shape index (κ3) is 5.80. The normalized spacial score (nSPS) is 12.7. The second-order valence-electron chi connectivity index (χ2n) is 17.5. The van der Waals surface area contributed by atoms with E-state index in [0.717, 1.165) is 22.6 Å². The van der Waals surface area contributed by atoms with Crippen LogP contribution in [0.25, 0.3) is 77.5 Å². The van der Waals surface area contributed by atoms with Crippen molar-refractivity contribution in [3.8, 4) is 66.8 Å². The summed E-state index contributed by atoms with van der Waals surface area (Å²) in [5.41, 5.74) is 23.0. The molecule has 1 heteroatoms. The fraction of sp³-hybridized carbons (Fsp3) is 0.0154. The van der Waals surface area contributed by atoms with Crippen LogP contribution in [0.5, 0.6) is 0 Å². The van der Waals surface area contributed by atoms with Crippen LogP contribution in [0.2, 0.25) is 0 Å². The Labute approximate surface area is 386 Å². The van der Waals surface area contributed by atoms with Crippen LogP contribution in [-0.2, 0) is 5.41 Å². The van der Waals surface area contributed by atoms with Gasteiger partial charge in [-0.05, 0) is 136 Å². The van der Waals surface area contributed by atoms with Crippen molar-refractivity contribution < 1.29 is 0 Å². The third-order valence-electron chi connectivity index (χ3n) is 14.1. The Morgan fingerprint density at radius 3 is 1.35 bits per heavy atom. The fourth-order valence-electron chi connectivity index (χ4n) is 11.3. The lowest BCUT2D eigenvalue weighted by Gasteiger charge is -2.31. The maximum Gasteiger partial charge on any atom is 0.0725 e. The van der Waals surface area contributed by atoms with Gasteiger partial charge in [0.25, 0.3) is 0 Å². The van der Waals surface area contributed by atoms with Crippen LogP contribution in [0, 0.1) is 0 Å². The Kier molecular flexibility index (Phi) is 8.82. The van der Waals surface area contributed by atoms with E-state index >= 15 is 0 Å². The molecule has 1 nitrogen and oxygen atoms in total. The van der Waals surface area contributed by atoms with Crippen LogP contribution in [0.4, 0.5) is 17.1 Å². The molecule has 0 saturated heterocycles. The molecule has 0 saturated carbocycles. The van der Waals surface area contributed by atoms with E-state index in [1.54, 1.807) is 0 Å². The molecule has 0 bridgehead atoms. The molecular formula is C65H43N. The van der Waals surface area contributed by atoms with Crippen molar-refractivity contribution in [2.75, 3.05) is 4.90 Å². The van der Waals surface area contributed by atoms with Gasteiger partial charge in [-0.25, -0.2) is 0 Å². The van der Waals surface area contributed by atoms with Gasteiger partial charge in [0.15, 0.2) is 0 Å². The molecule has 0 heterocycles. The molecular weight excluding hydrogens is 795 g/mol. The fourth-order valence-corrected chi connectivity index (χ4v) is 11.3. The lowest BCUT2D eigenvalue weighted by atomic mass is 9.70. The topological polar surface area (TPSA) is 3.24 Å². The summed E-state index contributed by atoms with van der Waals surface area (Å²) in [6.07, 6.45) is 0. The van der Waals surface area contributed by atoms with Gasteiger partial charge < -0.3 is 4.90 Å². The molecule has 0 radical (unpaired) electrons. The van der Waals surface area contributed by atoms with Crippen molar-refractivity contribution in [3.05, 3.63) is 283 Å². The van der Waals surface area contributed by atoms with Gasteiger partial charge in [-0.3, -0.25) is 0 Å². The monoisotopic (exact) mass is 837 g/mol. The Morgan fingerprint density at radius 2 is 0.697 bits per heavy atom. The molecule has 0 aromatic heterocycles. The molecule has 1 spiro atoms. The first-order valence-corrected chi connectivity index (χ1v) is 22.9. The van der Waals surface area contributed by atoms with Crippen molar-refractivity contribution in [2.24, 2.45) is 0 Å². The molecule has 66 heavy (non-hydrogen) atoms. The van der Waals surface area contributed by atoms with Crippen molar-refractivity contribution in [2.45, 2.75) is 5.41 Å². The number of benzene rings is 11. The standard InChI is InChI=1S/C65H43N/c1-4-19-44(20-5-1)52-39-36-50(42-58(52)45-21-6-2-7-22-45)66(49-27-18-26-48(41-49)54-38-35-46-23-10-11-28-53(46)64(54)47-24-8-3-9-25-47)51-37-40-63-59(43-51)57-31-14-17-34-62(57)65(63)60-32-15-12-29-55(60)56-30-13-16-33-61(56)65/h1-43H. The quantitative estimate of drug-likeness (QED) is 0.155. The molecule has 2 aliphatic carbocycles. The Morgan fingerprint density at radius 1 is 0.242 bits per heavy atom. The highest BCUT2D eigenvalue weighted by atomic mass is 15.1.